The summed E-state index contributed by atoms with van der Waals surface area (Å²) >= 11 is 0. The van der Waals surface area contributed by atoms with Gasteiger partial charge in [-0.05, 0) is 58.6 Å². The van der Waals surface area contributed by atoms with Crippen molar-refractivity contribution in [3.8, 4) is 0 Å². The lowest BCUT2D eigenvalue weighted by molar-refractivity contribution is -0.119. The van der Waals surface area contributed by atoms with Gasteiger partial charge < -0.3 is 11.1 Å². The maximum absolute atomic E-state index is 12.0. The van der Waals surface area contributed by atoms with E-state index in [1.165, 1.54) is 6.92 Å². The predicted octanol–water partition coefficient (Wildman–Crippen LogP) is 5.38. The third kappa shape index (κ3) is 10.4. The van der Waals surface area contributed by atoms with Gasteiger partial charge in [-0.1, -0.05) is 69.2 Å². The van der Waals surface area contributed by atoms with E-state index in [2.05, 4.69) is 74.1 Å². The Hall–Kier alpha value is -3.84. The SMILES string of the molecule is C=N/C(C(C)=O)=C(\C)N=C(CC=CC(C(C)=O)N(C)C)C(=C)N[C@@H](C(=C)N)C1C=CC/C=C(C(=C)CC)\C=C/1. The van der Waals surface area contributed by atoms with Gasteiger partial charge in [0.1, 0.15) is 5.70 Å². The quantitative estimate of drug-likeness (QED) is 0.168. The minimum absolute atomic E-state index is 0.0269. The van der Waals surface area contributed by atoms with Crippen LogP contribution >= 0.6 is 0 Å². The van der Waals surface area contributed by atoms with Crippen LogP contribution in [-0.4, -0.2) is 55.1 Å². The molecule has 0 aromatic rings. The molecule has 7 nitrogen and oxygen atoms in total. The molecule has 0 bridgehead atoms. The van der Waals surface area contributed by atoms with Crippen LogP contribution in [0.3, 0.4) is 0 Å². The van der Waals surface area contributed by atoms with E-state index >= 15 is 0 Å². The van der Waals surface area contributed by atoms with E-state index in [1.807, 2.05) is 31.1 Å². The van der Waals surface area contributed by atoms with Crippen LogP contribution in [0, 0.1) is 5.92 Å². The van der Waals surface area contributed by atoms with Crippen molar-refractivity contribution >= 4 is 24.0 Å². The first-order valence-corrected chi connectivity index (χ1v) is 13.1. The molecular weight excluding hydrogens is 486 g/mol. The molecule has 39 heavy (non-hydrogen) atoms. The Morgan fingerprint density at radius 3 is 2.38 bits per heavy atom. The number of hydrogen-bond acceptors (Lipinski definition) is 7. The van der Waals surface area contributed by atoms with Crippen LogP contribution in [0.4, 0.5) is 0 Å². The summed E-state index contributed by atoms with van der Waals surface area (Å²) < 4.78 is 0. The topological polar surface area (TPSA) is 100 Å². The molecule has 1 aliphatic rings. The van der Waals surface area contributed by atoms with E-state index in [9.17, 15) is 9.59 Å². The highest BCUT2D eigenvalue weighted by atomic mass is 16.1. The smallest absolute Gasteiger partial charge is 0.179 e. The Balaban J connectivity index is 3.43. The lowest BCUT2D eigenvalue weighted by Gasteiger charge is -2.27. The normalized spacial score (nSPS) is 20.1. The zero-order valence-electron chi connectivity index (χ0n) is 24.5. The van der Waals surface area contributed by atoms with Crippen LogP contribution < -0.4 is 11.1 Å². The van der Waals surface area contributed by atoms with Crippen LogP contribution in [0.25, 0.3) is 0 Å². The van der Waals surface area contributed by atoms with Gasteiger partial charge in [0.05, 0.1) is 23.5 Å². The van der Waals surface area contributed by atoms with Gasteiger partial charge in [-0.2, -0.15) is 0 Å². The molecule has 3 N–H and O–H groups in total. The molecule has 0 aliphatic heterocycles. The van der Waals surface area contributed by atoms with E-state index < -0.39 is 0 Å². The van der Waals surface area contributed by atoms with Crippen molar-refractivity contribution in [2.24, 2.45) is 21.6 Å². The van der Waals surface area contributed by atoms with Gasteiger partial charge >= 0.3 is 0 Å². The summed E-state index contributed by atoms with van der Waals surface area (Å²) in [5, 5.41) is 3.41. The number of aliphatic imine (C=N–C) groups is 2. The van der Waals surface area contributed by atoms with Crippen molar-refractivity contribution in [1.29, 1.82) is 0 Å². The van der Waals surface area contributed by atoms with Crippen molar-refractivity contribution in [1.82, 2.24) is 10.2 Å². The number of nitrogens with two attached hydrogens (primary N) is 1. The van der Waals surface area contributed by atoms with Gasteiger partial charge in [-0.15, -0.1) is 0 Å². The highest BCUT2D eigenvalue weighted by Crippen LogP contribution is 2.22. The first-order chi connectivity index (χ1) is 18.3. The maximum Gasteiger partial charge on any atom is 0.179 e. The van der Waals surface area contributed by atoms with Gasteiger partial charge in [-0.3, -0.25) is 24.5 Å². The van der Waals surface area contributed by atoms with Crippen LogP contribution in [0.5, 0.6) is 0 Å². The molecule has 2 unspecified atom stereocenters. The Labute approximate surface area is 234 Å². The second-order valence-corrected chi connectivity index (χ2v) is 9.75. The van der Waals surface area contributed by atoms with Crippen LogP contribution in [0.1, 0.15) is 47.0 Å². The predicted molar refractivity (Wildman–Crippen MR) is 166 cm³/mol. The molecule has 210 valence electrons. The van der Waals surface area contributed by atoms with E-state index in [1.54, 1.807) is 13.8 Å². The van der Waals surface area contributed by atoms with Crippen molar-refractivity contribution in [3.05, 3.63) is 96.2 Å². The molecule has 1 aliphatic carbocycles. The van der Waals surface area contributed by atoms with Gasteiger partial charge in [0.2, 0.25) is 0 Å². The van der Waals surface area contributed by atoms with E-state index in [-0.39, 0.29) is 35.3 Å². The first kappa shape index (κ1) is 33.2. The number of nitrogens with one attached hydrogen (secondary N) is 1. The molecule has 0 heterocycles. The summed E-state index contributed by atoms with van der Waals surface area (Å²) in [5.41, 5.74) is 10.6. The number of ketones is 2. The third-order valence-electron chi connectivity index (χ3n) is 6.37. The molecule has 0 fully saturated rings. The highest BCUT2D eigenvalue weighted by molar-refractivity contribution is 6.02. The average Bonchev–Trinajstić information content (AvgIpc) is 2.83. The van der Waals surface area contributed by atoms with E-state index in [0.29, 0.717) is 29.2 Å². The molecule has 0 radical (unpaired) electrons. The minimum atomic E-state index is -0.367. The highest BCUT2D eigenvalue weighted by Gasteiger charge is 2.22. The summed E-state index contributed by atoms with van der Waals surface area (Å²) in [6.45, 7) is 22.7. The molecule has 1 rings (SSSR count). The molecule has 0 saturated heterocycles. The molecule has 0 saturated carbocycles. The van der Waals surface area contributed by atoms with Crippen LogP contribution in [0.2, 0.25) is 0 Å². The average molecular weight is 532 g/mol. The van der Waals surface area contributed by atoms with Crippen LogP contribution in [-0.2, 0) is 9.59 Å². The zero-order chi connectivity index (χ0) is 29.7. The number of nitrogens with zero attached hydrogens (tertiary/aromatic N) is 3. The summed E-state index contributed by atoms with van der Waals surface area (Å²) in [5.74, 6) is -0.307. The largest absolute Gasteiger partial charge is 0.401 e. The van der Waals surface area contributed by atoms with Gasteiger partial charge in [0.15, 0.2) is 11.6 Å². The zero-order valence-corrected chi connectivity index (χ0v) is 24.5. The fourth-order valence-electron chi connectivity index (χ4n) is 4.13. The molecule has 7 heteroatoms. The second kappa shape index (κ2) is 16.2. The first-order valence-electron chi connectivity index (χ1n) is 13.1. The molecule has 0 aromatic heterocycles. The number of carbonyl (C=O) groups is 2. The Bertz CT molecular complexity index is 1160. The number of Topliss-reactive ketones (excluding diaryl/α,β-unsaturated/α-hetero) is 2. The molecule has 0 aromatic carbocycles. The Morgan fingerprint density at radius 2 is 1.87 bits per heavy atom. The number of hydrogen-bond donors (Lipinski definition) is 2. The Kier molecular flexibility index (Phi) is 13.8. The standard InChI is InChI=1S/C32H45N5O2/c1-11-21(2)27-15-12-13-16-28(20-19-27)31(22(3)33)36-23(4)29(35-24(5)32(34-8)26(7)39)17-14-18-30(25(6)38)37(9)10/h13-16,18-20,28,30-31,36H,2-4,8,11-12,17,33H2,1,5-7,9-10H3/b16-13?,18-14?,20-19-,27-15+,32-24+,35-29?/t28?,30?,31-/m0/s1. The van der Waals surface area contributed by atoms with E-state index in [0.717, 1.165) is 24.0 Å². The molecule has 3 atom stereocenters. The summed E-state index contributed by atoms with van der Waals surface area (Å²) in [6.07, 6.45) is 16.2. The molecular formula is C32H45N5O2. The molecule has 0 amide bonds. The summed E-state index contributed by atoms with van der Waals surface area (Å²) in [6, 6.07) is -0.733. The monoisotopic (exact) mass is 531 g/mol. The fourth-order valence-corrected chi connectivity index (χ4v) is 4.13. The maximum atomic E-state index is 12.0. The fraction of sp³-hybridized carbons (Fsp3) is 0.375. The van der Waals surface area contributed by atoms with Crippen molar-refractivity contribution in [3.63, 3.8) is 0 Å². The number of rotatable bonds is 15. The lowest BCUT2D eigenvalue weighted by atomic mass is 9.91. The number of allylic oxidation sites excluding steroid dienone is 9. The van der Waals surface area contributed by atoms with Crippen molar-refractivity contribution in [2.45, 2.75) is 59.0 Å². The molecule has 0 spiro atoms. The van der Waals surface area contributed by atoms with Crippen LogP contribution in [0.15, 0.2) is 106 Å². The van der Waals surface area contributed by atoms with E-state index in [4.69, 9.17) is 10.7 Å². The summed E-state index contributed by atoms with van der Waals surface area (Å²) in [7, 11) is 3.69. The minimum Gasteiger partial charge on any atom is -0.401 e. The lowest BCUT2D eigenvalue weighted by Crippen LogP contribution is -2.40. The summed E-state index contributed by atoms with van der Waals surface area (Å²) in [4.78, 5) is 34.5. The Morgan fingerprint density at radius 1 is 1.21 bits per heavy atom. The van der Waals surface area contributed by atoms with Crippen molar-refractivity contribution in [2.75, 3.05) is 14.1 Å². The number of carbonyl (C=O) groups excluding carboxylic acids is 2. The third-order valence-corrected chi connectivity index (χ3v) is 6.37. The van der Waals surface area contributed by atoms with Gasteiger partial charge in [0, 0.05) is 30.7 Å². The number of likely N-dealkylation sites (N-methyl/N-ethyl adjacent to an activating group) is 1. The van der Waals surface area contributed by atoms with Crippen molar-refractivity contribution < 1.29 is 9.59 Å². The van der Waals surface area contributed by atoms with Gasteiger partial charge in [0.25, 0.3) is 0 Å². The second-order valence-electron chi connectivity index (χ2n) is 9.75. The van der Waals surface area contributed by atoms with Gasteiger partial charge in [-0.25, -0.2) is 0 Å².